The molecule has 0 heterocycles. The molecule has 0 fully saturated rings. The summed E-state index contributed by atoms with van der Waals surface area (Å²) >= 11 is 17.9. The molecule has 0 unspecified atom stereocenters. The first-order valence-corrected chi connectivity index (χ1v) is 12.7. The summed E-state index contributed by atoms with van der Waals surface area (Å²) in [6.45, 7) is 3.77. The monoisotopic (exact) mass is 525 g/mol. The molecule has 3 aromatic carbocycles. The first kappa shape index (κ1) is 25.4. The van der Waals surface area contributed by atoms with E-state index < -0.39 is 15.9 Å². The van der Waals surface area contributed by atoms with Crippen molar-refractivity contribution in [2.75, 3.05) is 10.9 Å². The molecule has 0 aliphatic rings. The van der Waals surface area contributed by atoms with E-state index in [0.717, 1.165) is 9.87 Å². The van der Waals surface area contributed by atoms with E-state index in [-0.39, 0.29) is 24.3 Å². The van der Waals surface area contributed by atoms with Crippen LogP contribution in [-0.2, 0) is 14.8 Å². The molecule has 9 heteroatoms. The van der Waals surface area contributed by atoms with Crippen molar-refractivity contribution in [3.05, 3.63) is 86.9 Å². The van der Waals surface area contributed by atoms with Crippen molar-refractivity contribution in [1.82, 2.24) is 0 Å². The number of hydrogen-bond acceptors (Lipinski definition) is 4. The highest BCUT2D eigenvalue weighted by Gasteiger charge is 2.31. The third kappa shape index (κ3) is 6.21. The Morgan fingerprint density at radius 3 is 2.24 bits per heavy atom. The van der Waals surface area contributed by atoms with E-state index >= 15 is 0 Å². The van der Waals surface area contributed by atoms with Crippen molar-refractivity contribution < 1.29 is 17.9 Å². The molecular weight excluding hydrogens is 505 g/mol. The van der Waals surface area contributed by atoms with Crippen molar-refractivity contribution in [3.63, 3.8) is 0 Å². The van der Waals surface area contributed by atoms with Crippen LogP contribution in [-0.4, -0.2) is 20.9 Å². The van der Waals surface area contributed by atoms with E-state index in [4.69, 9.17) is 39.5 Å². The zero-order valence-electron chi connectivity index (χ0n) is 18.0. The Bertz CT molecular complexity index is 1260. The summed E-state index contributed by atoms with van der Waals surface area (Å²) in [7, 11) is -4.16. The molecule has 1 amide bonds. The van der Waals surface area contributed by atoms with Crippen molar-refractivity contribution in [1.29, 1.82) is 0 Å². The molecule has 3 aromatic rings. The number of ether oxygens (including phenoxy) is 1. The fourth-order valence-corrected chi connectivity index (χ4v) is 5.24. The molecule has 174 valence electrons. The smallest absolute Gasteiger partial charge is 0.270 e. The minimum Gasteiger partial charge on any atom is -0.492 e. The van der Waals surface area contributed by atoms with Gasteiger partial charge in [-0.2, -0.15) is 0 Å². The zero-order chi connectivity index (χ0) is 24.2. The van der Waals surface area contributed by atoms with Gasteiger partial charge in [-0.1, -0.05) is 46.9 Å². The highest BCUT2D eigenvalue weighted by molar-refractivity contribution is 7.93. The van der Waals surface area contributed by atoms with Gasteiger partial charge in [-0.25, -0.2) is 12.7 Å². The normalized spacial score (nSPS) is 11.3. The summed E-state index contributed by atoms with van der Waals surface area (Å²) in [6.07, 6.45) is 0.237. The number of rotatable bonds is 8. The van der Waals surface area contributed by atoms with Crippen LogP contribution in [0.15, 0.2) is 65.6 Å². The van der Waals surface area contributed by atoms with Gasteiger partial charge in [-0.15, -0.1) is 0 Å². The largest absolute Gasteiger partial charge is 0.492 e. The van der Waals surface area contributed by atoms with Crippen LogP contribution in [0.3, 0.4) is 0 Å². The molecule has 0 spiro atoms. The fraction of sp³-hybridized carbons (Fsp3) is 0.208. The van der Waals surface area contributed by atoms with Crippen molar-refractivity contribution in [3.8, 4) is 5.75 Å². The lowest BCUT2D eigenvalue weighted by Gasteiger charge is -2.25. The lowest BCUT2D eigenvalue weighted by Crippen LogP contribution is -2.37. The van der Waals surface area contributed by atoms with Gasteiger partial charge in [0, 0.05) is 16.5 Å². The summed E-state index contributed by atoms with van der Waals surface area (Å²) in [6, 6.07) is 15.9. The lowest BCUT2D eigenvalue weighted by atomic mass is 10.1. The van der Waals surface area contributed by atoms with Gasteiger partial charge in [0.15, 0.2) is 0 Å². The van der Waals surface area contributed by atoms with Gasteiger partial charge < -0.3 is 4.74 Å². The summed E-state index contributed by atoms with van der Waals surface area (Å²) in [4.78, 5) is 13.2. The quantitative estimate of drug-likeness (QED) is 0.301. The van der Waals surface area contributed by atoms with Gasteiger partial charge in [-0.05, 0) is 79.9 Å². The SMILES string of the molecule is Cc1ccc(C)c(N(C(=O)CCCOc2ccc(Cl)cc2Cl)S(=O)(=O)c2ccc(Cl)cc2)c1. The second-order valence-corrected chi connectivity index (χ2v) is 10.5. The summed E-state index contributed by atoms with van der Waals surface area (Å²) in [5.41, 5.74) is 1.81. The van der Waals surface area contributed by atoms with Gasteiger partial charge in [0.05, 0.1) is 22.2 Å². The maximum atomic E-state index is 13.5. The first-order valence-electron chi connectivity index (χ1n) is 10.1. The fourth-order valence-electron chi connectivity index (χ4n) is 3.15. The van der Waals surface area contributed by atoms with Crippen molar-refractivity contribution in [2.45, 2.75) is 31.6 Å². The van der Waals surface area contributed by atoms with Gasteiger partial charge in [0.25, 0.3) is 10.0 Å². The Labute approximate surface area is 208 Å². The minimum atomic E-state index is -4.16. The van der Waals surface area contributed by atoms with Crippen molar-refractivity contribution >= 4 is 56.4 Å². The zero-order valence-corrected chi connectivity index (χ0v) is 21.1. The van der Waals surface area contributed by atoms with E-state index in [9.17, 15) is 13.2 Å². The van der Waals surface area contributed by atoms with Gasteiger partial charge in [0.1, 0.15) is 5.75 Å². The summed E-state index contributed by atoms with van der Waals surface area (Å²) in [5, 5.41) is 1.24. The predicted octanol–water partition coefficient (Wildman–Crippen LogP) is 6.84. The highest BCUT2D eigenvalue weighted by Crippen LogP contribution is 2.30. The van der Waals surface area contributed by atoms with Crippen LogP contribution in [0.25, 0.3) is 0 Å². The molecule has 0 bridgehead atoms. The minimum absolute atomic E-state index is 0.0228. The van der Waals surface area contributed by atoms with Crippen molar-refractivity contribution in [2.24, 2.45) is 0 Å². The molecule has 0 saturated carbocycles. The summed E-state index contributed by atoms with van der Waals surface area (Å²) < 4.78 is 33.5. The number of hydrogen-bond donors (Lipinski definition) is 0. The number of benzene rings is 3. The van der Waals surface area contributed by atoms with Gasteiger partial charge in [-0.3, -0.25) is 4.79 Å². The summed E-state index contributed by atoms with van der Waals surface area (Å²) in [5.74, 6) is -0.127. The Morgan fingerprint density at radius 2 is 1.58 bits per heavy atom. The first-order chi connectivity index (χ1) is 15.6. The predicted molar refractivity (Wildman–Crippen MR) is 133 cm³/mol. The molecule has 0 aliphatic heterocycles. The van der Waals surface area contributed by atoms with Crippen LogP contribution in [0, 0.1) is 13.8 Å². The number of amides is 1. The molecule has 0 aliphatic carbocycles. The number of nitrogens with zero attached hydrogens (tertiary/aromatic N) is 1. The second kappa shape index (κ2) is 10.8. The molecule has 0 N–H and O–H groups in total. The highest BCUT2D eigenvalue weighted by atomic mass is 35.5. The van der Waals surface area contributed by atoms with E-state index in [0.29, 0.717) is 32.1 Å². The topological polar surface area (TPSA) is 63.7 Å². The molecule has 0 radical (unpaired) electrons. The average molecular weight is 527 g/mol. The maximum Gasteiger partial charge on any atom is 0.270 e. The number of anilines is 1. The third-order valence-electron chi connectivity index (χ3n) is 4.85. The van der Waals surface area contributed by atoms with E-state index in [1.165, 1.54) is 24.3 Å². The average Bonchev–Trinajstić information content (AvgIpc) is 2.75. The number of carbonyl (C=O) groups excluding carboxylic acids is 1. The Morgan fingerprint density at radius 1 is 0.909 bits per heavy atom. The van der Waals surface area contributed by atoms with Gasteiger partial charge >= 0.3 is 0 Å². The molecular formula is C24H22Cl3NO4S. The van der Waals surface area contributed by atoms with Crippen LogP contribution in [0.1, 0.15) is 24.0 Å². The van der Waals surface area contributed by atoms with Crippen LogP contribution in [0.5, 0.6) is 5.75 Å². The number of aryl methyl sites for hydroxylation is 2. The lowest BCUT2D eigenvalue weighted by molar-refractivity contribution is -0.117. The molecule has 0 atom stereocenters. The number of sulfonamides is 1. The van der Waals surface area contributed by atoms with E-state index in [1.807, 2.05) is 13.0 Å². The van der Waals surface area contributed by atoms with Crippen LogP contribution < -0.4 is 9.04 Å². The van der Waals surface area contributed by atoms with Crippen LogP contribution in [0.2, 0.25) is 15.1 Å². The molecule has 0 saturated heterocycles. The van der Waals surface area contributed by atoms with Crippen LogP contribution >= 0.6 is 34.8 Å². The maximum absolute atomic E-state index is 13.5. The van der Waals surface area contributed by atoms with E-state index in [2.05, 4.69) is 0 Å². The molecule has 5 nitrogen and oxygen atoms in total. The third-order valence-corrected chi connectivity index (χ3v) is 7.38. The van der Waals surface area contributed by atoms with E-state index in [1.54, 1.807) is 37.3 Å². The number of halogens is 3. The Balaban J connectivity index is 1.83. The standard InChI is InChI=1S/C24H22Cl3NO4S/c1-16-5-6-17(2)22(14-16)28(33(30,31)20-10-7-18(25)8-11-20)24(29)4-3-13-32-23-12-9-19(26)15-21(23)27/h5-12,14-15H,3-4,13H2,1-2H3. The number of carbonyl (C=O) groups is 1. The van der Waals surface area contributed by atoms with Gasteiger partial charge in [0.2, 0.25) is 5.91 Å². The molecule has 0 aromatic heterocycles. The Kier molecular flexibility index (Phi) is 8.29. The Hall–Kier alpha value is -2.25. The van der Waals surface area contributed by atoms with Crippen LogP contribution in [0.4, 0.5) is 5.69 Å². The molecule has 33 heavy (non-hydrogen) atoms. The molecule has 3 rings (SSSR count). The second-order valence-electron chi connectivity index (χ2n) is 7.43.